The van der Waals surface area contributed by atoms with Crippen LogP contribution < -0.4 is 5.32 Å². The van der Waals surface area contributed by atoms with Crippen molar-refractivity contribution in [2.24, 2.45) is 0 Å². The highest BCUT2D eigenvalue weighted by molar-refractivity contribution is 5.81. The molecule has 2 saturated carbocycles. The van der Waals surface area contributed by atoms with Gasteiger partial charge in [-0.3, -0.25) is 4.79 Å². The predicted molar refractivity (Wildman–Crippen MR) is 64.8 cm³/mol. The van der Waals surface area contributed by atoms with Gasteiger partial charge in [0, 0.05) is 6.42 Å². The van der Waals surface area contributed by atoms with Crippen molar-refractivity contribution in [1.82, 2.24) is 5.32 Å². The Kier molecular flexibility index (Phi) is 4.05. The van der Waals surface area contributed by atoms with Gasteiger partial charge < -0.3 is 14.8 Å². The van der Waals surface area contributed by atoms with Gasteiger partial charge in [-0.15, -0.1) is 0 Å². The number of nitrogens with one attached hydrogen (secondary N) is 1. The molecule has 0 aromatic carbocycles. The van der Waals surface area contributed by atoms with E-state index in [4.69, 9.17) is 9.47 Å². The normalized spacial score (nSPS) is 33.4. The lowest BCUT2D eigenvalue weighted by molar-refractivity contribution is -0.151. The molecule has 0 bridgehead atoms. The van der Waals surface area contributed by atoms with Crippen LogP contribution in [0.2, 0.25) is 0 Å². The summed E-state index contributed by atoms with van der Waals surface area (Å²) < 4.78 is 11.1. The average Bonchev–Trinajstić information content (AvgIpc) is 2.69. The van der Waals surface area contributed by atoms with E-state index in [0.717, 1.165) is 19.3 Å². The first-order valence-corrected chi connectivity index (χ1v) is 6.72. The van der Waals surface area contributed by atoms with Gasteiger partial charge in [-0.05, 0) is 46.1 Å². The van der Waals surface area contributed by atoms with Gasteiger partial charge in [-0.25, -0.2) is 0 Å². The van der Waals surface area contributed by atoms with Crippen LogP contribution in [0.15, 0.2) is 0 Å². The third kappa shape index (κ3) is 2.63. The molecule has 2 aliphatic rings. The molecule has 2 unspecified atom stereocenters. The summed E-state index contributed by atoms with van der Waals surface area (Å²) in [5.41, 5.74) is -0.510. The van der Waals surface area contributed by atoms with Gasteiger partial charge in [-0.1, -0.05) is 0 Å². The van der Waals surface area contributed by atoms with Gasteiger partial charge in [0.1, 0.15) is 5.54 Å². The molecule has 0 aliphatic heterocycles. The molecule has 0 saturated heterocycles. The molecule has 0 aromatic rings. The first-order valence-electron chi connectivity index (χ1n) is 6.72. The minimum Gasteiger partial charge on any atom is -0.465 e. The summed E-state index contributed by atoms with van der Waals surface area (Å²) in [6.45, 7) is 2.29. The van der Waals surface area contributed by atoms with E-state index >= 15 is 0 Å². The molecule has 0 spiro atoms. The van der Waals surface area contributed by atoms with Gasteiger partial charge in [0.2, 0.25) is 0 Å². The maximum absolute atomic E-state index is 12.0. The van der Waals surface area contributed by atoms with Crippen molar-refractivity contribution in [2.75, 3.05) is 13.7 Å². The van der Waals surface area contributed by atoms with Crippen LogP contribution in [0.3, 0.4) is 0 Å². The van der Waals surface area contributed by atoms with Crippen molar-refractivity contribution in [3.8, 4) is 0 Å². The zero-order chi connectivity index (χ0) is 12.3. The summed E-state index contributed by atoms with van der Waals surface area (Å²) in [5.74, 6) is -0.123. The second-order valence-corrected chi connectivity index (χ2v) is 5.11. The largest absolute Gasteiger partial charge is 0.465 e. The number of rotatable bonds is 5. The molecule has 0 amide bonds. The van der Waals surface area contributed by atoms with Gasteiger partial charge in [0.15, 0.2) is 0 Å². The molecular formula is C13H23NO3. The summed E-state index contributed by atoms with van der Waals surface area (Å²) >= 11 is 0. The second-order valence-electron chi connectivity index (χ2n) is 5.11. The quantitative estimate of drug-likeness (QED) is 0.743. The summed E-state index contributed by atoms with van der Waals surface area (Å²) in [5, 5.41) is 3.15. The van der Waals surface area contributed by atoms with Crippen LogP contribution in [-0.2, 0) is 14.3 Å². The molecule has 98 valence electrons. The Bertz CT molecular complexity index is 278. The highest BCUT2D eigenvalue weighted by Crippen LogP contribution is 2.35. The molecule has 4 heteroatoms. The maximum Gasteiger partial charge on any atom is 0.326 e. The molecule has 1 N–H and O–H groups in total. The lowest BCUT2D eigenvalue weighted by Crippen LogP contribution is -2.49. The zero-order valence-corrected chi connectivity index (χ0v) is 10.8. The van der Waals surface area contributed by atoms with Crippen LogP contribution in [-0.4, -0.2) is 37.4 Å². The van der Waals surface area contributed by atoms with E-state index in [2.05, 4.69) is 5.32 Å². The molecular weight excluding hydrogens is 218 g/mol. The van der Waals surface area contributed by atoms with Crippen LogP contribution >= 0.6 is 0 Å². The predicted octanol–water partition coefficient (Wildman–Crippen LogP) is 1.63. The third-order valence-electron chi connectivity index (χ3n) is 4.05. The first kappa shape index (κ1) is 12.8. The smallest absolute Gasteiger partial charge is 0.326 e. The van der Waals surface area contributed by atoms with Crippen LogP contribution in [0.5, 0.6) is 0 Å². The molecule has 4 nitrogen and oxygen atoms in total. The Morgan fingerprint density at radius 3 is 2.65 bits per heavy atom. The van der Waals surface area contributed by atoms with Crippen molar-refractivity contribution in [2.45, 2.75) is 63.2 Å². The lowest BCUT2D eigenvalue weighted by atomic mass is 9.95. The Labute approximate surface area is 103 Å². The Morgan fingerprint density at radius 2 is 2.12 bits per heavy atom. The van der Waals surface area contributed by atoms with E-state index in [9.17, 15) is 4.79 Å². The van der Waals surface area contributed by atoms with E-state index in [0.29, 0.717) is 12.7 Å². The average molecular weight is 241 g/mol. The SMILES string of the molecule is CCOC(=O)C1(NC)CCC(OC2CCC2)C1. The number of hydrogen-bond acceptors (Lipinski definition) is 4. The van der Waals surface area contributed by atoms with Crippen LogP contribution in [0.25, 0.3) is 0 Å². The minimum absolute atomic E-state index is 0.123. The molecule has 2 rings (SSSR count). The topological polar surface area (TPSA) is 47.6 Å². The minimum atomic E-state index is -0.510. The van der Waals surface area contributed by atoms with Crippen molar-refractivity contribution in [1.29, 1.82) is 0 Å². The van der Waals surface area contributed by atoms with Gasteiger partial charge in [-0.2, -0.15) is 0 Å². The fourth-order valence-corrected chi connectivity index (χ4v) is 2.68. The molecule has 0 radical (unpaired) electrons. The van der Waals surface area contributed by atoms with Crippen molar-refractivity contribution in [3.05, 3.63) is 0 Å². The fourth-order valence-electron chi connectivity index (χ4n) is 2.68. The highest BCUT2D eigenvalue weighted by Gasteiger charge is 2.46. The number of carbonyl (C=O) groups is 1. The number of likely N-dealkylation sites (N-methyl/N-ethyl adjacent to an activating group) is 1. The Morgan fingerprint density at radius 1 is 1.35 bits per heavy atom. The monoisotopic (exact) mass is 241 g/mol. The third-order valence-corrected chi connectivity index (χ3v) is 4.05. The molecule has 2 aliphatic carbocycles. The van der Waals surface area contributed by atoms with E-state index in [1.165, 1.54) is 19.3 Å². The zero-order valence-electron chi connectivity index (χ0n) is 10.8. The summed E-state index contributed by atoms with van der Waals surface area (Å²) in [6.07, 6.45) is 6.83. The van der Waals surface area contributed by atoms with E-state index in [-0.39, 0.29) is 12.1 Å². The lowest BCUT2D eigenvalue weighted by Gasteiger charge is -2.30. The highest BCUT2D eigenvalue weighted by atomic mass is 16.5. The molecule has 0 aromatic heterocycles. The van der Waals surface area contributed by atoms with Gasteiger partial charge in [0.25, 0.3) is 0 Å². The number of hydrogen-bond donors (Lipinski definition) is 1. The van der Waals surface area contributed by atoms with Crippen LogP contribution in [0.4, 0.5) is 0 Å². The fraction of sp³-hybridized carbons (Fsp3) is 0.923. The summed E-state index contributed by atoms with van der Waals surface area (Å²) in [6, 6.07) is 0. The van der Waals surface area contributed by atoms with Gasteiger partial charge >= 0.3 is 5.97 Å². The van der Waals surface area contributed by atoms with E-state index in [1.54, 1.807) is 0 Å². The molecule has 0 heterocycles. The molecule has 2 atom stereocenters. The maximum atomic E-state index is 12.0. The summed E-state index contributed by atoms with van der Waals surface area (Å²) in [7, 11) is 1.84. The van der Waals surface area contributed by atoms with Crippen molar-refractivity contribution >= 4 is 5.97 Å². The van der Waals surface area contributed by atoms with E-state index in [1.807, 2.05) is 14.0 Å². The number of esters is 1. The molecule has 17 heavy (non-hydrogen) atoms. The summed E-state index contributed by atoms with van der Waals surface area (Å²) in [4.78, 5) is 12.0. The number of ether oxygens (including phenoxy) is 2. The van der Waals surface area contributed by atoms with E-state index < -0.39 is 5.54 Å². The van der Waals surface area contributed by atoms with Gasteiger partial charge in [0.05, 0.1) is 18.8 Å². The Hall–Kier alpha value is -0.610. The van der Waals surface area contributed by atoms with Crippen LogP contribution in [0.1, 0.15) is 45.4 Å². The standard InChI is InChI=1S/C13H23NO3/c1-3-16-12(15)13(14-2)8-7-11(9-13)17-10-5-4-6-10/h10-11,14H,3-9H2,1-2H3. The Balaban J connectivity index is 1.89. The van der Waals surface area contributed by atoms with Crippen molar-refractivity contribution in [3.63, 3.8) is 0 Å². The molecule has 2 fully saturated rings. The first-order chi connectivity index (χ1) is 8.20. The number of carbonyl (C=O) groups excluding carboxylic acids is 1. The van der Waals surface area contributed by atoms with Crippen LogP contribution in [0, 0.1) is 0 Å². The second kappa shape index (κ2) is 5.36. The van der Waals surface area contributed by atoms with Crippen molar-refractivity contribution < 1.29 is 14.3 Å².